The summed E-state index contributed by atoms with van der Waals surface area (Å²) in [7, 11) is 2.16. The summed E-state index contributed by atoms with van der Waals surface area (Å²) >= 11 is 0. The molecule has 1 amide bonds. The molecule has 5 heteroatoms. The second-order valence-corrected chi connectivity index (χ2v) is 9.56. The third-order valence-electron chi connectivity index (χ3n) is 7.51. The Hall–Kier alpha value is -2.11. The summed E-state index contributed by atoms with van der Waals surface area (Å²) in [5.74, 6) is 1.64. The molecule has 2 aliphatic heterocycles. The quantitative estimate of drug-likeness (QED) is 0.775. The van der Waals surface area contributed by atoms with E-state index in [4.69, 9.17) is 4.42 Å². The van der Waals surface area contributed by atoms with Gasteiger partial charge in [-0.1, -0.05) is 18.2 Å². The zero-order chi connectivity index (χ0) is 20.6. The van der Waals surface area contributed by atoms with E-state index in [2.05, 4.69) is 46.0 Å². The largest absolute Gasteiger partial charge is 0.464 e. The van der Waals surface area contributed by atoms with E-state index in [1.54, 1.807) is 6.26 Å². The van der Waals surface area contributed by atoms with Crippen molar-refractivity contribution in [1.29, 1.82) is 0 Å². The Kier molecular flexibility index (Phi) is 5.42. The molecule has 1 aromatic heterocycles. The first-order chi connectivity index (χ1) is 14.6. The molecule has 2 saturated heterocycles. The number of benzene rings is 1. The fourth-order valence-electron chi connectivity index (χ4n) is 5.42. The lowest BCUT2D eigenvalue weighted by atomic mass is 9.90. The maximum atomic E-state index is 13.1. The van der Waals surface area contributed by atoms with Gasteiger partial charge in [0.2, 0.25) is 5.91 Å². The zero-order valence-electron chi connectivity index (χ0n) is 18.1. The first kappa shape index (κ1) is 19.8. The van der Waals surface area contributed by atoms with Crippen LogP contribution >= 0.6 is 0 Å². The monoisotopic (exact) mass is 407 g/mol. The van der Waals surface area contributed by atoms with Crippen LogP contribution in [0.3, 0.4) is 0 Å². The number of carbonyl (C=O) groups excluding carboxylic acids is 1. The number of likely N-dealkylation sites (tertiary alicyclic amines) is 1. The number of hydrogen-bond acceptors (Lipinski definition) is 4. The van der Waals surface area contributed by atoms with E-state index in [-0.39, 0.29) is 5.92 Å². The molecule has 1 aromatic carbocycles. The van der Waals surface area contributed by atoms with Crippen molar-refractivity contribution in [1.82, 2.24) is 14.7 Å². The summed E-state index contributed by atoms with van der Waals surface area (Å²) in [6.07, 6.45) is 6.26. The molecule has 3 aliphatic rings. The summed E-state index contributed by atoms with van der Waals surface area (Å²) in [4.78, 5) is 20.1. The predicted molar refractivity (Wildman–Crippen MR) is 118 cm³/mol. The zero-order valence-corrected chi connectivity index (χ0v) is 18.1. The van der Waals surface area contributed by atoms with Crippen LogP contribution in [-0.4, -0.2) is 66.9 Å². The standard InChI is InChI=1S/C25H33N3O2/c1-26-10-4-11-28(15-14-26)24(29)22-18-25(22)8-12-27(13-9-25)19-20-5-2-6-21(17-20)23-7-3-16-30-23/h2-3,5-7,16-17,22H,4,8-15,18-19H2,1H3. The molecule has 3 fully saturated rings. The van der Waals surface area contributed by atoms with Crippen LogP contribution in [0.1, 0.15) is 31.2 Å². The third kappa shape index (κ3) is 4.06. The van der Waals surface area contributed by atoms with Crippen LogP contribution < -0.4 is 0 Å². The Balaban J connectivity index is 1.15. The van der Waals surface area contributed by atoms with Crippen molar-refractivity contribution in [2.45, 2.75) is 32.2 Å². The highest BCUT2D eigenvalue weighted by molar-refractivity contribution is 5.82. The second kappa shape index (κ2) is 8.20. The predicted octanol–water partition coefficient (Wildman–Crippen LogP) is 3.71. The van der Waals surface area contributed by atoms with Gasteiger partial charge >= 0.3 is 0 Å². The van der Waals surface area contributed by atoms with Crippen molar-refractivity contribution in [3.8, 4) is 11.3 Å². The van der Waals surface area contributed by atoms with E-state index in [9.17, 15) is 4.79 Å². The molecule has 0 N–H and O–H groups in total. The Morgan fingerprint density at radius 1 is 1.07 bits per heavy atom. The van der Waals surface area contributed by atoms with Gasteiger partial charge in [-0.25, -0.2) is 0 Å². The highest BCUT2D eigenvalue weighted by atomic mass is 16.3. The summed E-state index contributed by atoms with van der Waals surface area (Å²) in [6.45, 7) is 7.12. The van der Waals surface area contributed by atoms with Gasteiger partial charge in [0.15, 0.2) is 0 Å². The number of piperidine rings is 1. The highest BCUT2D eigenvalue weighted by Gasteiger charge is 2.59. The second-order valence-electron chi connectivity index (χ2n) is 9.56. The summed E-state index contributed by atoms with van der Waals surface area (Å²) < 4.78 is 5.55. The molecule has 5 nitrogen and oxygen atoms in total. The maximum Gasteiger partial charge on any atom is 0.226 e. The van der Waals surface area contributed by atoms with Crippen LogP contribution in [0.25, 0.3) is 11.3 Å². The number of likely N-dealkylation sites (N-methyl/N-ethyl adjacent to an activating group) is 1. The molecule has 1 spiro atoms. The van der Waals surface area contributed by atoms with Crippen molar-refractivity contribution in [3.63, 3.8) is 0 Å². The van der Waals surface area contributed by atoms with Gasteiger partial charge in [-0.3, -0.25) is 9.69 Å². The Morgan fingerprint density at radius 2 is 1.93 bits per heavy atom. The lowest BCUT2D eigenvalue weighted by Crippen LogP contribution is -2.39. The van der Waals surface area contributed by atoms with Crippen LogP contribution in [0.5, 0.6) is 0 Å². The molecule has 1 atom stereocenters. The van der Waals surface area contributed by atoms with Gasteiger partial charge in [-0.15, -0.1) is 0 Å². The van der Waals surface area contributed by atoms with Gasteiger partial charge in [-0.05, 0) is 81.5 Å². The van der Waals surface area contributed by atoms with Gasteiger partial charge in [0.1, 0.15) is 5.76 Å². The molecule has 1 saturated carbocycles. The Bertz CT molecular complexity index is 870. The minimum atomic E-state index is 0.283. The SMILES string of the molecule is CN1CCCN(C(=O)C2CC23CCN(Cc2cccc(-c4ccco4)c2)CC3)CC1. The van der Waals surface area contributed by atoms with Crippen LogP contribution in [0, 0.1) is 11.3 Å². The molecular weight excluding hydrogens is 374 g/mol. The maximum absolute atomic E-state index is 13.1. The molecule has 160 valence electrons. The summed E-state index contributed by atoms with van der Waals surface area (Å²) in [6, 6.07) is 12.6. The molecule has 30 heavy (non-hydrogen) atoms. The normalized spacial score (nSPS) is 24.7. The molecule has 5 rings (SSSR count). The van der Waals surface area contributed by atoms with Gasteiger partial charge in [0.05, 0.1) is 6.26 Å². The first-order valence-corrected chi connectivity index (χ1v) is 11.5. The number of amides is 1. The van der Waals surface area contributed by atoms with E-state index < -0.39 is 0 Å². The van der Waals surface area contributed by atoms with Crippen molar-refractivity contribution >= 4 is 5.91 Å². The van der Waals surface area contributed by atoms with E-state index >= 15 is 0 Å². The Morgan fingerprint density at radius 3 is 2.73 bits per heavy atom. The van der Waals surface area contributed by atoms with Gasteiger partial charge in [0, 0.05) is 37.7 Å². The van der Waals surface area contributed by atoms with Crippen LogP contribution in [0.4, 0.5) is 0 Å². The van der Waals surface area contributed by atoms with Gasteiger partial charge < -0.3 is 14.2 Å². The van der Waals surface area contributed by atoms with Crippen LogP contribution in [0.2, 0.25) is 0 Å². The lowest BCUT2D eigenvalue weighted by molar-refractivity contribution is -0.133. The number of nitrogens with zero attached hydrogens (tertiary/aromatic N) is 3. The van der Waals surface area contributed by atoms with Gasteiger partial charge in [0.25, 0.3) is 0 Å². The molecule has 1 aliphatic carbocycles. The van der Waals surface area contributed by atoms with Crippen molar-refractivity contribution < 1.29 is 9.21 Å². The van der Waals surface area contributed by atoms with E-state index in [1.165, 1.54) is 5.56 Å². The fraction of sp³-hybridized carbons (Fsp3) is 0.560. The average Bonchev–Trinajstić information content (AvgIpc) is 3.26. The average molecular weight is 408 g/mol. The van der Waals surface area contributed by atoms with Crippen molar-refractivity contribution in [2.24, 2.45) is 11.3 Å². The molecule has 1 unspecified atom stereocenters. The Labute approximate surface area is 179 Å². The fourth-order valence-corrected chi connectivity index (χ4v) is 5.42. The molecule has 2 aromatic rings. The lowest BCUT2D eigenvalue weighted by Gasteiger charge is -2.33. The molecule has 3 heterocycles. The number of rotatable bonds is 4. The van der Waals surface area contributed by atoms with E-state index in [1.807, 2.05) is 12.1 Å². The smallest absolute Gasteiger partial charge is 0.226 e. The summed E-state index contributed by atoms with van der Waals surface area (Å²) in [5, 5.41) is 0. The van der Waals surface area contributed by atoms with E-state index in [0.29, 0.717) is 11.3 Å². The topological polar surface area (TPSA) is 39.9 Å². The first-order valence-electron chi connectivity index (χ1n) is 11.5. The molecule has 0 bridgehead atoms. The minimum Gasteiger partial charge on any atom is -0.464 e. The summed E-state index contributed by atoms with van der Waals surface area (Å²) in [5.41, 5.74) is 2.76. The van der Waals surface area contributed by atoms with Gasteiger partial charge in [-0.2, -0.15) is 0 Å². The minimum absolute atomic E-state index is 0.283. The number of carbonyl (C=O) groups is 1. The molecule has 0 radical (unpaired) electrons. The highest BCUT2D eigenvalue weighted by Crippen LogP contribution is 2.60. The van der Waals surface area contributed by atoms with Crippen molar-refractivity contribution in [2.75, 3.05) is 46.3 Å². The third-order valence-corrected chi connectivity index (χ3v) is 7.51. The van der Waals surface area contributed by atoms with Crippen LogP contribution in [0.15, 0.2) is 47.1 Å². The molecular formula is C25H33N3O2. The number of hydrogen-bond donors (Lipinski definition) is 0. The van der Waals surface area contributed by atoms with Crippen LogP contribution in [-0.2, 0) is 11.3 Å². The van der Waals surface area contributed by atoms with E-state index in [0.717, 1.165) is 82.8 Å². The number of furan rings is 1. The van der Waals surface area contributed by atoms with Crippen molar-refractivity contribution in [3.05, 3.63) is 48.2 Å².